The molecule has 12 aromatic carbocycles. The predicted molar refractivity (Wildman–Crippen MR) is 450 cm³/mol. The summed E-state index contributed by atoms with van der Waals surface area (Å²) in [4.78, 5) is 9.51. The minimum absolute atomic E-state index is 0.177. The first-order chi connectivity index (χ1) is 53.5. The summed E-state index contributed by atoms with van der Waals surface area (Å²) in [5, 5.41) is 7.87. The van der Waals surface area contributed by atoms with Crippen LogP contribution >= 0.6 is 0 Å². The Kier molecular flexibility index (Phi) is 16.5. The minimum atomic E-state index is -4.68. The SMILES string of the molecule is CC(C)(C)c1ccc2c(c1)c1cc(C(C)(C)C)ccc1n2-c1ccc(C(F)(F)F)cc1-c1ccncc1-n1c2ccc(C(C)(C)C)cc2c2cc(C(C)(C)Cc3cccc4c3c3cc(-c5ccccc5)ccc3n4-c3ccc(C(F)(F)F)cc3-c3ccncc3-n3c4ccccc4c4cc(-c5ccccc5)ccc43)ccc21. The molecule has 0 aliphatic carbocycles. The van der Waals surface area contributed by atoms with Crippen LogP contribution in [0.5, 0.6) is 0 Å². The fraction of sp³-hybridized carbons (Fsp3) is 0.180. The number of benzene rings is 12. The van der Waals surface area contributed by atoms with Gasteiger partial charge in [0.15, 0.2) is 0 Å². The number of hydrogen-bond acceptors (Lipinski definition) is 2. The number of hydrogen-bond donors (Lipinski definition) is 0. The van der Waals surface area contributed by atoms with E-state index in [1.807, 2.05) is 60.7 Å². The highest BCUT2D eigenvalue weighted by Gasteiger charge is 2.36. The zero-order valence-corrected chi connectivity index (χ0v) is 64.3. The Balaban J connectivity index is 0.811. The quantitative estimate of drug-likeness (QED) is 0.121. The Morgan fingerprint density at radius 1 is 0.259 bits per heavy atom. The maximum absolute atomic E-state index is 15.6. The second-order valence-electron chi connectivity index (χ2n) is 33.8. The van der Waals surface area contributed by atoms with Gasteiger partial charge in [-0.15, -0.1) is 0 Å². The molecule has 0 aliphatic heterocycles. The summed E-state index contributed by atoms with van der Waals surface area (Å²) in [6.45, 7) is 24.3. The Bertz CT molecular complexity index is 6770. The number of para-hydroxylation sites is 1. The molecule has 0 saturated heterocycles. The molecule has 0 saturated carbocycles. The van der Waals surface area contributed by atoms with Crippen LogP contribution < -0.4 is 0 Å². The van der Waals surface area contributed by atoms with E-state index >= 15 is 26.3 Å². The van der Waals surface area contributed by atoms with Gasteiger partial charge in [-0.25, -0.2) is 0 Å². The normalized spacial score (nSPS) is 12.9. The van der Waals surface area contributed by atoms with E-state index in [2.05, 4.69) is 258 Å². The van der Waals surface area contributed by atoms with Crippen LogP contribution in [0.3, 0.4) is 0 Å². The summed E-state index contributed by atoms with van der Waals surface area (Å²) in [6, 6.07) is 85.8. The molecule has 0 N–H and O–H groups in total. The molecule has 0 unspecified atom stereocenters. The van der Waals surface area contributed by atoms with E-state index < -0.39 is 28.9 Å². The monoisotopic (exact) mass is 1480 g/mol. The van der Waals surface area contributed by atoms with Crippen molar-refractivity contribution in [3.63, 3.8) is 0 Å². The maximum atomic E-state index is 15.6. The molecule has 0 bridgehead atoms. The molecule has 0 spiro atoms. The van der Waals surface area contributed by atoms with Gasteiger partial charge < -0.3 is 18.3 Å². The Hall–Kier alpha value is -12.3. The van der Waals surface area contributed by atoms with E-state index in [9.17, 15) is 0 Å². The van der Waals surface area contributed by atoms with Crippen molar-refractivity contribution in [3.8, 4) is 67.3 Å². The van der Waals surface area contributed by atoms with Gasteiger partial charge in [0.25, 0.3) is 0 Å². The first-order valence-electron chi connectivity index (χ1n) is 38.2. The van der Waals surface area contributed by atoms with E-state index in [0.29, 0.717) is 51.4 Å². The lowest BCUT2D eigenvalue weighted by molar-refractivity contribution is -0.138. The molecule has 112 heavy (non-hydrogen) atoms. The highest BCUT2D eigenvalue weighted by molar-refractivity contribution is 6.15. The van der Waals surface area contributed by atoms with Gasteiger partial charge in [0.05, 0.1) is 90.4 Å². The van der Waals surface area contributed by atoms with Crippen LogP contribution in [0.1, 0.15) is 115 Å². The molecule has 6 aromatic heterocycles. The Morgan fingerprint density at radius 2 is 0.607 bits per heavy atom. The lowest BCUT2D eigenvalue weighted by Crippen LogP contribution is -2.20. The Morgan fingerprint density at radius 3 is 1.05 bits per heavy atom. The van der Waals surface area contributed by atoms with E-state index in [-0.39, 0.29) is 16.2 Å². The van der Waals surface area contributed by atoms with Gasteiger partial charge in [0.1, 0.15) is 0 Å². The molecular weight excluding hydrogens is 1400 g/mol. The first kappa shape index (κ1) is 71.3. The van der Waals surface area contributed by atoms with Crippen molar-refractivity contribution >= 4 is 87.2 Å². The van der Waals surface area contributed by atoms with Crippen LogP contribution in [-0.4, -0.2) is 28.2 Å². The number of pyridine rings is 2. The summed E-state index contributed by atoms with van der Waals surface area (Å²) in [6.07, 6.45) is -1.94. The van der Waals surface area contributed by atoms with Gasteiger partial charge >= 0.3 is 12.4 Å². The number of nitrogens with zero attached hydrogens (tertiary/aromatic N) is 6. The van der Waals surface area contributed by atoms with E-state index in [4.69, 9.17) is 9.97 Å². The van der Waals surface area contributed by atoms with Crippen molar-refractivity contribution in [1.29, 1.82) is 0 Å². The average Bonchev–Trinajstić information content (AvgIpc) is 1.56. The van der Waals surface area contributed by atoms with Gasteiger partial charge in [0, 0.05) is 77.7 Å². The molecule has 554 valence electrons. The third-order valence-electron chi connectivity index (χ3n) is 23.1. The van der Waals surface area contributed by atoms with Crippen molar-refractivity contribution in [2.24, 2.45) is 0 Å². The summed E-state index contributed by atoms with van der Waals surface area (Å²) in [5.41, 5.74) is 18.0. The minimum Gasteiger partial charge on any atom is -0.309 e. The predicted octanol–water partition coefficient (Wildman–Crippen LogP) is 28.0. The molecule has 0 atom stereocenters. The Labute approximate surface area is 646 Å². The van der Waals surface area contributed by atoms with Crippen molar-refractivity contribution in [3.05, 3.63) is 325 Å². The zero-order chi connectivity index (χ0) is 77.9. The lowest BCUT2D eigenvalue weighted by atomic mass is 9.78. The van der Waals surface area contributed by atoms with Gasteiger partial charge in [-0.3, -0.25) is 9.97 Å². The van der Waals surface area contributed by atoms with Gasteiger partial charge in [0.2, 0.25) is 0 Å². The molecule has 0 amide bonds. The van der Waals surface area contributed by atoms with Crippen LogP contribution in [0.2, 0.25) is 0 Å². The summed E-state index contributed by atoms with van der Waals surface area (Å²) in [7, 11) is 0. The lowest BCUT2D eigenvalue weighted by Gasteiger charge is -2.26. The molecule has 6 nitrogen and oxygen atoms in total. The number of rotatable bonds is 11. The molecule has 6 heterocycles. The molecular formula is C100H82F6N6. The molecule has 0 aliphatic rings. The molecule has 18 aromatic rings. The van der Waals surface area contributed by atoms with Crippen LogP contribution in [-0.2, 0) is 40.4 Å². The van der Waals surface area contributed by atoms with E-state index in [1.54, 1.807) is 36.9 Å². The largest absolute Gasteiger partial charge is 0.416 e. The summed E-state index contributed by atoms with van der Waals surface area (Å²) >= 11 is 0. The average molecular weight is 1480 g/mol. The molecule has 18 rings (SSSR count). The molecule has 12 heteroatoms. The van der Waals surface area contributed by atoms with Crippen LogP contribution in [0.4, 0.5) is 26.3 Å². The third-order valence-corrected chi connectivity index (χ3v) is 23.1. The highest BCUT2D eigenvalue weighted by Crippen LogP contribution is 2.50. The summed E-state index contributed by atoms with van der Waals surface area (Å²) in [5.74, 6) is 0. The first-order valence-corrected chi connectivity index (χ1v) is 38.2. The van der Waals surface area contributed by atoms with Crippen molar-refractivity contribution < 1.29 is 26.3 Å². The standard InChI is InChI=1S/C100H82F6N6/c1-95(2,3)65-31-39-86-77(51-65)78-52-66(96(4,5)6)32-40-87(78)109(86)84-43-35-69(99(101,102)103)55-75(84)72-45-47-108-59-93(72)112-88-41-33-67(97(7,8)9)53-79(88)80-54-68(34-42-89(80)112)98(10,11)57-64-25-20-28-91-94(64)81-50-63(61-23-16-13-17-24-61)30-38-90(81)110(91)85-44-36-70(100(104,105)106)56-76(85)73-46-48-107-58-92(73)111-82-27-19-18-26-71(82)74-49-62(29-37-83(74)111)60-21-14-12-15-22-60/h12-56,58-59H,57H2,1-11H3. The van der Waals surface area contributed by atoms with Crippen LogP contribution in [0.25, 0.3) is 154 Å². The van der Waals surface area contributed by atoms with Gasteiger partial charge in [-0.1, -0.05) is 204 Å². The van der Waals surface area contributed by atoms with Crippen molar-refractivity contribution in [2.75, 3.05) is 0 Å². The number of alkyl halides is 6. The molecule has 0 fully saturated rings. The van der Waals surface area contributed by atoms with Crippen molar-refractivity contribution in [2.45, 2.75) is 117 Å². The number of aromatic nitrogens is 6. The van der Waals surface area contributed by atoms with E-state index in [1.165, 1.54) is 24.3 Å². The molecule has 0 radical (unpaired) electrons. The topological polar surface area (TPSA) is 45.5 Å². The maximum Gasteiger partial charge on any atom is 0.416 e. The number of fused-ring (bicyclic) bond motifs is 12. The summed E-state index contributed by atoms with van der Waals surface area (Å²) < 4.78 is 102. The second kappa shape index (κ2) is 25.9. The van der Waals surface area contributed by atoms with Gasteiger partial charge in [-0.2, -0.15) is 26.3 Å². The van der Waals surface area contributed by atoms with Crippen molar-refractivity contribution in [1.82, 2.24) is 28.2 Å². The second-order valence-corrected chi connectivity index (χ2v) is 33.8. The highest BCUT2D eigenvalue weighted by atomic mass is 19.4. The fourth-order valence-corrected chi connectivity index (χ4v) is 17.2. The van der Waals surface area contributed by atoms with E-state index in [0.717, 1.165) is 137 Å². The smallest absolute Gasteiger partial charge is 0.309 e. The number of halogens is 6. The third kappa shape index (κ3) is 12.0. The van der Waals surface area contributed by atoms with Crippen LogP contribution in [0, 0.1) is 0 Å². The zero-order valence-electron chi connectivity index (χ0n) is 64.3. The van der Waals surface area contributed by atoms with Gasteiger partial charge in [-0.05, 0) is 212 Å². The fourth-order valence-electron chi connectivity index (χ4n) is 17.2. The van der Waals surface area contributed by atoms with Crippen LogP contribution in [0.15, 0.2) is 286 Å².